The molecule has 0 aliphatic heterocycles. The van der Waals surface area contributed by atoms with Crippen LogP contribution in [0.3, 0.4) is 0 Å². The van der Waals surface area contributed by atoms with Crippen LogP contribution in [0.1, 0.15) is 50.0 Å². The topological polar surface area (TPSA) is 118 Å². The molecule has 1 aliphatic carbocycles. The Morgan fingerprint density at radius 2 is 1.97 bits per heavy atom. The van der Waals surface area contributed by atoms with Crippen molar-refractivity contribution in [2.24, 2.45) is 5.73 Å². The Hall–Kier alpha value is -3.13. The highest BCUT2D eigenvalue weighted by Gasteiger charge is 2.34. The molecule has 3 aromatic heterocycles. The van der Waals surface area contributed by atoms with Crippen LogP contribution in [0.15, 0.2) is 24.5 Å². The number of benzene rings is 1. The molecule has 4 aromatic rings. The molecule has 0 radical (unpaired) electrons. The summed E-state index contributed by atoms with van der Waals surface area (Å²) in [4.78, 5) is 20.4. The van der Waals surface area contributed by atoms with Gasteiger partial charge in [0.15, 0.2) is 5.65 Å². The summed E-state index contributed by atoms with van der Waals surface area (Å²) < 4.78 is 4.01. The number of carbonyl (C=O) groups is 1. The van der Waals surface area contributed by atoms with E-state index in [1.165, 1.54) is 6.33 Å². The van der Waals surface area contributed by atoms with Gasteiger partial charge in [-0.05, 0) is 45.7 Å². The summed E-state index contributed by atoms with van der Waals surface area (Å²) in [5, 5.41) is 7.00. The van der Waals surface area contributed by atoms with Crippen LogP contribution in [0.4, 0.5) is 5.82 Å². The third-order valence-corrected chi connectivity index (χ3v) is 5.88. The molecule has 1 fully saturated rings. The van der Waals surface area contributed by atoms with Crippen molar-refractivity contribution in [1.29, 1.82) is 0 Å². The molecule has 5 rings (SSSR count). The molecule has 0 spiro atoms. The van der Waals surface area contributed by atoms with Crippen LogP contribution >= 0.6 is 11.6 Å². The highest BCUT2D eigenvalue weighted by molar-refractivity contribution is 6.39. The molecule has 0 bridgehead atoms. The van der Waals surface area contributed by atoms with Crippen LogP contribution in [0, 0.1) is 0 Å². The molecular formula is C21H22ClN7O. The third kappa shape index (κ3) is 2.67. The standard InChI is InChI=1S/C21H22ClN7O/c1-21(2,3)29-20-14(18(23)25-9-26-20)16(27-29)17-15(22)12-7-4-10(19(24)30)8-13(12)28(17)11-5-6-11/h4,7-9,11H,5-6H2,1-3H3,(H2,24,30)(H2,23,25,26). The van der Waals surface area contributed by atoms with Crippen molar-refractivity contribution in [3.8, 4) is 11.4 Å². The smallest absolute Gasteiger partial charge is 0.248 e. The van der Waals surface area contributed by atoms with E-state index >= 15 is 0 Å². The number of anilines is 1. The fourth-order valence-electron chi connectivity index (χ4n) is 3.96. The molecule has 1 amide bonds. The number of rotatable bonds is 3. The minimum absolute atomic E-state index is 0.277. The molecule has 4 N–H and O–H groups in total. The molecule has 1 aliphatic rings. The van der Waals surface area contributed by atoms with Gasteiger partial charge in [0.1, 0.15) is 17.8 Å². The molecule has 154 valence electrons. The fourth-order valence-corrected chi connectivity index (χ4v) is 4.30. The van der Waals surface area contributed by atoms with E-state index in [4.69, 9.17) is 28.2 Å². The second-order valence-corrected chi connectivity index (χ2v) is 9.13. The lowest BCUT2D eigenvalue weighted by Crippen LogP contribution is -2.23. The van der Waals surface area contributed by atoms with Gasteiger partial charge >= 0.3 is 0 Å². The van der Waals surface area contributed by atoms with Gasteiger partial charge in [-0.15, -0.1) is 0 Å². The van der Waals surface area contributed by atoms with Crippen molar-refractivity contribution < 1.29 is 4.79 Å². The Kier molecular flexibility index (Phi) is 3.89. The van der Waals surface area contributed by atoms with Gasteiger partial charge in [-0.3, -0.25) is 4.79 Å². The van der Waals surface area contributed by atoms with Crippen LogP contribution in [-0.2, 0) is 5.54 Å². The summed E-state index contributed by atoms with van der Waals surface area (Å²) in [6, 6.07) is 5.61. The summed E-state index contributed by atoms with van der Waals surface area (Å²) in [6.07, 6.45) is 3.50. The van der Waals surface area contributed by atoms with Crippen molar-refractivity contribution in [2.45, 2.75) is 45.2 Å². The van der Waals surface area contributed by atoms with E-state index in [2.05, 4.69) is 35.3 Å². The molecule has 1 aromatic carbocycles. The lowest BCUT2D eigenvalue weighted by Gasteiger charge is -2.19. The number of aromatic nitrogens is 5. The number of fused-ring (bicyclic) bond motifs is 2. The number of nitrogen functional groups attached to an aromatic ring is 1. The van der Waals surface area contributed by atoms with Gasteiger partial charge in [-0.25, -0.2) is 14.6 Å². The van der Waals surface area contributed by atoms with E-state index in [0.29, 0.717) is 33.1 Å². The molecule has 0 saturated heterocycles. The van der Waals surface area contributed by atoms with E-state index in [-0.39, 0.29) is 11.6 Å². The fraction of sp³-hybridized carbons (Fsp3) is 0.333. The zero-order chi connectivity index (χ0) is 21.4. The van der Waals surface area contributed by atoms with Gasteiger partial charge in [0.05, 0.1) is 27.2 Å². The van der Waals surface area contributed by atoms with Gasteiger partial charge in [-0.1, -0.05) is 17.7 Å². The van der Waals surface area contributed by atoms with Crippen LogP contribution in [0.25, 0.3) is 33.3 Å². The Morgan fingerprint density at radius 1 is 1.23 bits per heavy atom. The molecule has 1 saturated carbocycles. The maximum absolute atomic E-state index is 11.8. The van der Waals surface area contributed by atoms with Crippen molar-refractivity contribution in [3.63, 3.8) is 0 Å². The molecule has 0 unspecified atom stereocenters. The first kappa shape index (κ1) is 18.9. The predicted molar refractivity (Wildman–Crippen MR) is 117 cm³/mol. The minimum atomic E-state index is -0.474. The lowest BCUT2D eigenvalue weighted by molar-refractivity contribution is 0.100. The molecule has 0 atom stereocenters. The minimum Gasteiger partial charge on any atom is -0.383 e. The first-order valence-corrected chi connectivity index (χ1v) is 10.2. The normalized spacial score (nSPS) is 14.7. The second-order valence-electron chi connectivity index (χ2n) is 8.75. The van der Waals surface area contributed by atoms with Gasteiger partial charge in [0, 0.05) is 17.0 Å². The number of hydrogen-bond donors (Lipinski definition) is 2. The lowest BCUT2D eigenvalue weighted by atomic mass is 10.1. The van der Waals surface area contributed by atoms with Crippen LogP contribution in [0.5, 0.6) is 0 Å². The molecule has 9 heteroatoms. The van der Waals surface area contributed by atoms with Crippen LogP contribution < -0.4 is 11.5 Å². The van der Waals surface area contributed by atoms with Crippen molar-refractivity contribution in [3.05, 3.63) is 35.1 Å². The quantitative estimate of drug-likeness (QED) is 0.518. The Morgan fingerprint density at radius 3 is 2.60 bits per heavy atom. The van der Waals surface area contributed by atoms with Crippen LogP contribution in [0.2, 0.25) is 5.02 Å². The second kappa shape index (κ2) is 6.18. The maximum Gasteiger partial charge on any atom is 0.248 e. The number of primary amides is 1. The first-order chi connectivity index (χ1) is 14.2. The number of nitrogens with zero attached hydrogens (tertiary/aromatic N) is 5. The SMILES string of the molecule is CC(C)(C)n1nc(-c2c(Cl)c3ccc(C(N)=O)cc3n2C2CC2)c2c(N)ncnc21. The van der Waals surface area contributed by atoms with Crippen molar-refractivity contribution in [2.75, 3.05) is 5.73 Å². The zero-order valence-electron chi connectivity index (χ0n) is 17.0. The number of amides is 1. The van der Waals surface area contributed by atoms with Gasteiger partial charge in [0.25, 0.3) is 0 Å². The molecular weight excluding hydrogens is 402 g/mol. The highest BCUT2D eigenvalue weighted by atomic mass is 35.5. The van der Waals surface area contributed by atoms with Gasteiger partial charge in [-0.2, -0.15) is 5.10 Å². The average molecular weight is 424 g/mol. The van der Waals surface area contributed by atoms with Crippen molar-refractivity contribution >= 4 is 45.3 Å². The summed E-state index contributed by atoms with van der Waals surface area (Å²) in [5.41, 5.74) is 14.9. The van der Waals surface area contributed by atoms with E-state index < -0.39 is 5.91 Å². The monoisotopic (exact) mass is 423 g/mol. The largest absolute Gasteiger partial charge is 0.383 e. The highest BCUT2D eigenvalue weighted by Crippen LogP contribution is 2.48. The summed E-state index contributed by atoms with van der Waals surface area (Å²) in [6.45, 7) is 6.16. The summed E-state index contributed by atoms with van der Waals surface area (Å²) in [5.74, 6) is -0.120. The van der Waals surface area contributed by atoms with Gasteiger partial charge in [0.2, 0.25) is 5.91 Å². The first-order valence-electron chi connectivity index (χ1n) is 9.81. The number of halogens is 1. The summed E-state index contributed by atoms with van der Waals surface area (Å²) in [7, 11) is 0. The zero-order valence-corrected chi connectivity index (χ0v) is 17.7. The van der Waals surface area contributed by atoms with Gasteiger partial charge < -0.3 is 16.0 Å². The van der Waals surface area contributed by atoms with E-state index in [0.717, 1.165) is 29.4 Å². The Bertz CT molecular complexity index is 1340. The Labute approximate surface area is 177 Å². The van der Waals surface area contributed by atoms with Crippen molar-refractivity contribution in [1.82, 2.24) is 24.3 Å². The number of hydrogen-bond acceptors (Lipinski definition) is 5. The average Bonchev–Trinajstić information content (AvgIpc) is 3.37. The third-order valence-electron chi connectivity index (χ3n) is 5.49. The number of nitrogens with two attached hydrogens (primary N) is 2. The molecule has 8 nitrogen and oxygen atoms in total. The Balaban J connectivity index is 1.91. The van der Waals surface area contributed by atoms with E-state index in [9.17, 15) is 4.79 Å². The molecule has 3 heterocycles. The predicted octanol–water partition coefficient (Wildman–Crippen LogP) is 3.87. The van der Waals surface area contributed by atoms with E-state index in [1.807, 2.05) is 10.7 Å². The molecule has 30 heavy (non-hydrogen) atoms. The number of carbonyl (C=O) groups excluding carboxylic acids is 1. The van der Waals surface area contributed by atoms with E-state index in [1.54, 1.807) is 12.1 Å². The van der Waals surface area contributed by atoms with Crippen LogP contribution in [-0.4, -0.2) is 30.2 Å². The summed E-state index contributed by atoms with van der Waals surface area (Å²) >= 11 is 6.91. The maximum atomic E-state index is 11.8.